The molecular weight excluding hydrogens is 514 g/mol. The number of esters is 1. The highest BCUT2D eigenvalue weighted by atomic mass is 16.6. The molecule has 1 aromatic heterocycles. The Hall–Kier alpha value is -4.35. The first-order chi connectivity index (χ1) is 19.2. The van der Waals surface area contributed by atoms with Gasteiger partial charge in [0.2, 0.25) is 5.91 Å². The van der Waals surface area contributed by atoms with Crippen LogP contribution in [0.4, 0.5) is 17.1 Å². The van der Waals surface area contributed by atoms with Crippen LogP contribution < -0.4 is 9.80 Å². The van der Waals surface area contributed by atoms with E-state index >= 15 is 0 Å². The van der Waals surface area contributed by atoms with Crippen molar-refractivity contribution in [2.24, 2.45) is 5.92 Å². The number of β-lactam (4-membered cyclic amide) rings is 1. The van der Waals surface area contributed by atoms with Crippen LogP contribution in [0, 0.1) is 5.92 Å². The summed E-state index contributed by atoms with van der Waals surface area (Å²) in [6.07, 6.45) is 5.81. The van der Waals surface area contributed by atoms with Crippen molar-refractivity contribution in [2.45, 2.75) is 51.5 Å². The molecule has 2 amide bonds. The average Bonchev–Trinajstić information content (AvgIpc) is 3.47. The number of carbonyl (C=O) groups is 3. The van der Waals surface area contributed by atoms with E-state index in [1.54, 1.807) is 54.2 Å². The third kappa shape index (κ3) is 4.89. The van der Waals surface area contributed by atoms with Crippen LogP contribution in [-0.4, -0.2) is 55.8 Å². The summed E-state index contributed by atoms with van der Waals surface area (Å²) in [5.41, 5.74) is 0.709. The van der Waals surface area contributed by atoms with Crippen molar-refractivity contribution >= 4 is 34.8 Å². The number of aryl methyl sites for hydroxylation is 1. The molecule has 11 nitrogen and oxygen atoms in total. The lowest BCUT2D eigenvalue weighted by atomic mass is 9.82. The number of aromatic nitrogens is 3. The molecule has 40 heavy (non-hydrogen) atoms. The molecule has 2 aromatic carbocycles. The fourth-order valence-corrected chi connectivity index (χ4v) is 5.15. The molecule has 1 unspecified atom stereocenters. The first-order valence-corrected chi connectivity index (χ1v) is 13.2. The number of carbonyl (C=O) groups excluding carboxylic acids is 3. The zero-order valence-corrected chi connectivity index (χ0v) is 22.3. The number of nitrogens with zero attached hydrogens (tertiary/aromatic N) is 5. The van der Waals surface area contributed by atoms with Crippen LogP contribution in [-0.2, 0) is 37.7 Å². The van der Waals surface area contributed by atoms with Gasteiger partial charge in [0.25, 0.3) is 5.91 Å². The van der Waals surface area contributed by atoms with E-state index in [2.05, 4.69) is 10.3 Å². The minimum absolute atomic E-state index is 0.00222. The van der Waals surface area contributed by atoms with E-state index in [1.807, 2.05) is 24.3 Å². The molecule has 2 aliphatic rings. The predicted octanol–water partition coefficient (Wildman–Crippen LogP) is 2.59. The fraction of sp³-hybridized carbons (Fsp3) is 0.345. The van der Waals surface area contributed by atoms with Crippen LogP contribution >= 0.6 is 0 Å². The normalized spacial score (nSPS) is 21.1. The standard InChI is InChI=1S/C29H31N5O6/c1-19(8-6-7-14-32-18-21(13-15-35)30-31-32)29(39)24-16-23(34-26(37)17-27(34)40-20(2)36)11-12-25(24)33(28(29)38)22-9-4-3-5-10-22/h3-6,8-12,16,18-19,27,35,39H,7,13-15,17H2,1-2H3/b8-6+/t19-,27?,29+/m1/s1. The van der Waals surface area contributed by atoms with Crippen LogP contribution in [0.3, 0.4) is 0 Å². The van der Waals surface area contributed by atoms with E-state index in [0.29, 0.717) is 47.7 Å². The van der Waals surface area contributed by atoms with E-state index in [4.69, 9.17) is 9.84 Å². The van der Waals surface area contributed by atoms with Gasteiger partial charge in [-0.1, -0.05) is 42.5 Å². The van der Waals surface area contributed by atoms with Gasteiger partial charge in [0.1, 0.15) is 0 Å². The van der Waals surface area contributed by atoms with Gasteiger partial charge in [-0.15, -0.1) is 5.10 Å². The molecule has 3 aromatic rings. The third-order valence-electron chi connectivity index (χ3n) is 7.22. The smallest absolute Gasteiger partial charge is 0.304 e. The lowest BCUT2D eigenvalue weighted by Crippen LogP contribution is -2.55. The molecular formula is C29H31N5O6. The maximum Gasteiger partial charge on any atom is 0.304 e. The maximum absolute atomic E-state index is 13.9. The second-order valence-corrected chi connectivity index (χ2v) is 9.93. The van der Waals surface area contributed by atoms with E-state index in [0.717, 1.165) is 0 Å². The first-order valence-electron chi connectivity index (χ1n) is 13.2. The Morgan fingerprint density at radius 3 is 2.67 bits per heavy atom. The van der Waals surface area contributed by atoms with Gasteiger partial charge >= 0.3 is 5.97 Å². The quantitative estimate of drug-likeness (QED) is 0.225. The van der Waals surface area contributed by atoms with Gasteiger partial charge in [-0.2, -0.15) is 0 Å². The minimum atomic E-state index is -1.91. The predicted molar refractivity (Wildman–Crippen MR) is 145 cm³/mol. The number of anilines is 3. The van der Waals surface area contributed by atoms with E-state index in [9.17, 15) is 19.5 Å². The molecule has 2 N–H and O–H groups in total. The van der Waals surface area contributed by atoms with Crippen LogP contribution in [0.5, 0.6) is 0 Å². The average molecular weight is 546 g/mol. The van der Waals surface area contributed by atoms with Crippen LogP contribution in [0.1, 0.15) is 37.9 Å². The van der Waals surface area contributed by atoms with Crippen LogP contribution in [0.25, 0.3) is 0 Å². The maximum atomic E-state index is 13.9. The Balaban J connectivity index is 1.44. The van der Waals surface area contributed by atoms with Crippen LogP contribution in [0.15, 0.2) is 66.9 Å². The number of hydrogen-bond donors (Lipinski definition) is 2. The van der Waals surface area contributed by atoms with Crippen molar-refractivity contribution in [1.29, 1.82) is 0 Å². The Morgan fingerprint density at radius 1 is 1.20 bits per heavy atom. The second kappa shape index (κ2) is 11.0. The van der Waals surface area contributed by atoms with Gasteiger partial charge in [0, 0.05) is 55.5 Å². The van der Waals surface area contributed by atoms with Crippen molar-refractivity contribution in [1.82, 2.24) is 15.0 Å². The van der Waals surface area contributed by atoms with Crippen LogP contribution in [0.2, 0.25) is 0 Å². The first kappa shape index (κ1) is 27.2. The van der Waals surface area contributed by atoms with Crippen molar-refractivity contribution < 1.29 is 29.3 Å². The molecule has 0 radical (unpaired) electrons. The van der Waals surface area contributed by atoms with Gasteiger partial charge < -0.3 is 14.9 Å². The van der Waals surface area contributed by atoms with E-state index in [1.165, 1.54) is 16.7 Å². The summed E-state index contributed by atoms with van der Waals surface area (Å²) in [5, 5.41) is 29.2. The van der Waals surface area contributed by atoms with Gasteiger partial charge in [0.05, 0.1) is 17.8 Å². The summed E-state index contributed by atoms with van der Waals surface area (Å²) < 4.78 is 6.94. The lowest BCUT2D eigenvalue weighted by molar-refractivity contribution is -0.153. The number of hydrogen-bond acceptors (Lipinski definition) is 8. The second-order valence-electron chi connectivity index (χ2n) is 9.93. The number of fused-ring (bicyclic) bond motifs is 1. The lowest BCUT2D eigenvalue weighted by Gasteiger charge is -2.39. The van der Waals surface area contributed by atoms with Crippen molar-refractivity contribution in [3.05, 3.63) is 78.1 Å². The Bertz CT molecular complexity index is 1450. The number of benzene rings is 2. The molecule has 1 fully saturated rings. The molecule has 208 valence electrons. The summed E-state index contributed by atoms with van der Waals surface area (Å²) in [4.78, 5) is 40.8. The highest BCUT2D eigenvalue weighted by Crippen LogP contribution is 2.50. The number of amides is 2. The minimum Gasteiger partial charge on any atom is -0.441 e. The fourth-order valence-electron chi connectivity index (χ4n) is 5.15. The summed E-state index contributed by atoms with van der Waals surface area (Å²) in [5.74, 6) is -1.85. The van der Waals surface area contributed by atoms with E-state index < -0.39 is 29.6 Å². The largest absolute Gasteiger partial charge is 0.441 e. The molecule has 11 heteroatoms. The number of allylic oxidation sites excluding steroid dienone is 1. The van der Waals surface area contributed by atoms with Gasteiger partial charge in [0.15, 0.2) is 11.8 Å². The number of rotatable bonds is 10. The van der Waals surface area contributed by atoms with Gasteiger partial charge in [-0.25, -0.2) is 0 Å². The highest BCUT2D eigenvalue weighted by molar-refractivity contribution is 6.13. The van der Waals surface area contributed by atoms with Crippen molar-refractivity contribution in [3.8, 4) is 0 Å². The number of aliphatic hydroxyl groups is 2. The van der Waals surface area contributed by atoms with Crippen molar-refractivity contribution in [3.63, 3.8) is 0 Å². The highest BCUT2D eigenvalue weighted by Gasteiger charge is 2.53. The molecule has 0 bridgehead atoms. The monoisotopic (exact) mass is 545 g/mol. The molecule has 2 aliphatic heterocycles. The number of ether oxygens (including phenoxy) is 1. The summed E-state index contributed by atoms with van der Waals surface area (Å²) >= 11 is 0. The molecule has 0 spiro atoms. The number of aliphatic hydroxyl groups excluding tert-OH is 1. The van der Waals surface area contributed by atoms with Gasteiger partial charge in [-0.05, 0) is 36.8 Å². The molecule has 3 atom stereocenters. The third-order valence-corrected chi connectivity index (χ3v) is 7.22. The summed E-state index contributed by atoms with van der Waals surface area (Å²) in [7, 11) is 0. The molecule has 0 aliphatic carbocycles. The number of para-hydroxylation sites is 1. The molecule has 0 saturated carbocycles. The Labute approximate surface area is 231 Å². The molecule has 3 heterocycles. The SMILES string of the molecule is CC(=O)OC1CC(=O)N1c1ccc2c(c1)[C@@](O)([C@H](C)/C=C/CCn1cc(CCO)nn1)C(=O)N2c1ccccc1. The molecule has 1 saturated heterocycles. The summed E-state index contributed by atoms with van der Waals surface area (Å²) in [6, 6.07) is 14.1. The summed E-state index contributed by atoms with van der Waals surface area (Å²) in [6.45, 7) is 3.59. The Morgan fingerprint density at radius 2 is 1.98 bits per heavy atom. The van der Waals surface area contributed by atoms with E-state index in [-0.39, 0.29) is 18.9 Å². The van der Waals surface area contributed by atoms with Crippen molar-refractivity contribution in [2.75, 3.05) is 16.4 Å². The Kier molecular flexibility index (Phi) is 7.51. The zero-order valence-electron chi connectivity index (χ0n) is 22.3. The zero-order chi connectivity index (χ0) is 28.4. The van der Waals surface area contributed by atoms with Gasteiger partial charge in [-0.3, -0.25) is 28.9 Å². The molecule has 5 rings (SSSR count). The topological polar surface area (TPSA) is 138 Å².